The molecule has 1 rings (SSSR count). The van der Waals surface area contributed by atoms with Gasteiger partial charge in [-0.2, -0.15) is 0 Å². The van der Waals surface area contributed by atoms with Crippen molar-refractivity contribution in [3.63, 3.8) is 0 Å². The van der Waals surface area contributed by atoms with Crippen molar-refractivity contribution in [1.29, 1.82) is 0 Å². The molecule has 1 aliphatic rings. The average Bonchev–Trinajstić information content (AvgIpc) is 2.05. The van der Waals surface area contributed by atoms with E-state index in [1.807, 2.05) is 0 Å². The van der Waals surface area contributed by atoms with Gasteiger partial charge in [0.15, 0.2) is 0 Å². The van der Waals surface area contributed by atoms with Crippen LogP contribution in [0.5, 0.6) is 0 Å². The van der Waals surface area contributed by atoms with Crippen molar-refractivity contribution in [2.75, 3.05) is 6.54 Å². The van der Waals surface area contributed by atoms with Crippen LogP contribution in [0.3, 0.4) is 0 Å². The zero-order valence-corrected chi connectivity index (χ0v) is 7.85. The zero-order chi connectivity index (χ0) is 8.27. The molecular weight excluding hydrogens is 184 g/mol. The highest BCUT2D eigenvalue weighted by molar-refractivity contribution is 5.85. The number of carboxylic acids is 1. The Labute approximate surface area is 78.7 Å². The molecule has 4 heteroatoms. The van der Waals surface area contributed by atoms with Gasteiger partial charge in [-0.25, -0.2) is 0 Å². The van der Waals surface area contributed by atoms with Crippen molar-refractivity contribution in [3.05, 3.63) is 0 Å². The van der Waals surface area contributed by atoms with Crippen LogP contribution in [-0.2, 0) is 4.79 Å². The minimum Gasteiger partial charge on any atom is -0.481 e. The Hall–Kier alpha value is -0.280. The minimum atomic E-state index is -0.638. The first kappa shape index (κ1) is 11.7. The van der Waals surface area contributed by atoms with Gasteiger partial charge >= 0.3 is 5.97 Å². The number of carboxylic acid groups (broad SMARTS) is 1. The fraction of sp³-hybridized carbons (Fsp3) is 0.875. The maximum absolute atomic E-state index is 10.5. The van der Waals surface area contributed by atoms with Crippen LogP contribution < -0.4 is 5.73 Å². The third-order valence-electron chi connectivity index (χ3n) is 2.53. The van der Waals surface area contributed by atoms with Gasteiger partial charge in [0.2, 0.25) is 0 Å². The standard InChI is InChI=1S/C8H15NO2.ClH/c9-5-6-1-3-7(4-2-6)8(10)11;/h6-7H,1-5,9H2,(H,10,11);1H/i1+1,2+1,3+1,4+1,6+1,7+1;. The molecule has 1 fully saturated rings. The van der Waals surface area contributed by atoms with E-state index in [9.17, 15) is 4.79 Å². The van der Waals surface area contributed by atoms with Gasteiger partial charge in [0.25, 0.3) is 0 Å². The van der Waals surface area contributed by atoms with E-state index in [1.165, 1.54) is 0 Å². The second-order valence-electron chi connectivity index (χ2n) is 3.29. The van der Waals surface area contributed by atoms with Crippen LogP contribution in [0.25, 0.3) is 0 Å². The Balaban J connectivity index is 0.00000121. The van der Waals surface area contributed by atoms with Crippen LogP contribution in [0.2, 0.25) is 0 Å². The molecule has 1 aliphatic carbocycles. The number of carbonyl (C=O) groups is 1. The highest BCUT2D eigenvalue weighted by atomic mass is 35.5. The number of rotatable bonds is 2. The van der Waals surface area contributed by atoms with Crippen LogP contribution in [0.4, 0.5) is 0 Å². The molecule has 0 aromatic heterocycles. The Morgan fingerprint density at radius 3 is 2.17 bits per heavy atom. The maximum atomic E-state index is 10.5. The van der Waals surface area contributed by atoms with Crippen LogP contribution in [0, 0.1) is 11.8 Å². The molecule has 0 bridgehead atoms. The number of nitrogens with two attached hydrogens (primary N) is 1. The molecule has 72 valence electrons. The summed E-state index contributed by atoms with van der Waals surface area (Å²) in [6, 6.07) is 0. The van der Waals surface area contributed by atoms with Gasteiger partial charge in [-0.3, -0.25) is 4.79 Å². The van der Waals surface area contributed by atoms with E-state index in [0.717, 1.165) is 25.7 Å². The van der Waals surface area contributed by atoms with Crippen LogP contribution in [-0.4, -0.2) is 17.6 Å². The molecule has 3 N–H and O–H groups in total. The van der Waals surface area contributed by atoms with Gasteiger partial charge < -0.3 is 10.8 Å². The molecule has 0 radical (unpaired) electrons. The van der Waals surface area contributed by atoms with E-state index in [-0.39, 0.29) is 18.3 Å². The summed E-state index contributed by atoms with van der Waals surface area (Å²) in [5.74, 6) is -0.163. The number of halogens is 1. The predicted molar refractivity (Wildman–Crippen MR) is 49.4 cm³/mol. The van der Waals surface area contributed by atoms with Gasteiger partial charge in [0.1, 0.15) is 0 Å². The Kier molecular flexibility index (Phi) is 5.25. The lowest BCUT2D eigenvalue weighted by molar-refractivity contribution is -0.143. The summed E-state index contributed by atoms with van der Waals surface area (Å²) in [7, 11) is 0. The van der Waals surface area contributed by atoms with Crippen LogP contribution in [0.1, 0.15) is 25.7 Å². The highest BCUT2D eigenvalue weighted by Gasteiger charge is 2.24. The Morgan fingerprint density at radius 1 is 1.33 bits per heavy atom. The highest BCUT2D eigenvalue weighted by Crippen LogP contribution is 2.27. The molecule has 1 saturated carbocycles. The number of hydrogen-bond donors (Lipinski definition) is 2. The van der Waals surface area contributed by atoms with Crippen molar-refractivity contribution >= 4 is 18.4 Å². The van der Waals surface area contributed by atoms with Gasteiger partial charge in [-0.15, -0.1) is 12.4 Å². The summed E-state index contributed by atoms with van der Waals surface area (Å²) in [6.07, 6.45) is 3.62. The van der Waals surface area contributed by atoms with Gasteiger partial charge in [0, 0.05) is 0 Å². The number of aliphatic carboxylic acids is 1. The molecule has 0 aliphatic heterocycles. The summed E-state index contributed by atoms with van der Waals surface area (Å²) in [6.45, 7) is 0.715. The van der Waals surface area contributed by atoms with E-state index < -0.39 is 5.97 Å². The maximum Gasteiger partial charge on any atom is 0.306 e. The van der Waals surface area contributed by atoms with Crippen molar-refractivity contribution in [1.82, 2.24) is 0 Å². The SMILES string of the molecule is Cl.NC[13CH]1[13CH2][13CH2][13CH](C(=O)O)[13CH2][13CH2]1. The van der Waals surface area contributed by atoms with E-state index in [4.69, 9.17) is 10.8 Å². The fourth-order valence-electron chi connectivity index (χ4n) is 1.65. The minimum absolute atomic E-state index is 0. The predicted octanol–water partition coefficient (Wildman–Crippen LogP) is 1.26. The lowest BCUT2D eigenvalue weighted by Gasteiger charge is -2.24. The Bertz CT molecular complexity index is 144. The molecule has 0 saturated heterocycles. The van der Waals surface area contributed by atoms with Gasteiger partial charge in [-0.1, -0.05) is 0 Å². The summed E-state index contributed by atoms with van der Waals surface area (Å²) in [4.78, 5) is 10.5. The van der Waals surface area contributed by atoms with E-state index >= 15 is 0 Å². The van der Waals surface area contributed by atoms with E-state index in [1.54, 1.807) is 0 Å². The summed E-state index contributed by atoms with van der Waals surface area (Å²) < 4.78 is 0. The second kappa shape index (κ2) is 5.38. The summed E-state index contributed by atoms with van der Waals surface area (Å²) >= 11 is 0. The molecule has 0 unspecified atom stereocenters. The lowest BCUT2D eigenvalue weighted by atomic mass is 10.6. The van der Waals surface area contributed by atoms with Crippen molar-refractivity contribution in [3.8, 4) is 0 Å². The van der Waals surface area contributed by atoms with Crippen LogP contribution >= 0.6 is 12.4 Å². The van der Waals surface area contributed by atoms with Crippen molar-refractivity contribution in [2.24, 2.45) is 17.6 Å². The Morgan fingerprint density at radius 2 is 1.83 bits per heavy atom. The molecule has 0 spiro atoms. The average molecular weight is 200 g/mol. The summed E-state index contributed by atoms with van der Waals surface area (Å²) in [5.41, 5.74) is 5.48. The van der Waals surface area contributed by atoms with E-state index in [0.29, 0.717) is 12.5 Å². The molecule has 3 nitrogen and oxygen atoms in total. The lowest BCUT2D eigenvalue weighted by Crippen LogP contribution is -2.25. The third kappa shape index (κ3) is 2.99. The molecular formula is C8H16ClNO2. The normalized spacial score (nSPS) is 29.1. The fourth-order valence-corrected chi connectivity index (χ4v) is 1.65. The zero-order valence-electron chi connectivity index (χ0n) is 7.03. The largest absolute Gasteiger partial charge is 0.481 e. The first-order valence-electron chi connectivity index (χ1n) is 4.17. The molecule has 0 aromatic carbocycles. The van der Waals surface area contributed by atoms with Gasteiger partial charge in [0.05, 0.1) is 5.92 Å². The topological polar surface area (TPSA) is 63.3 Å². The molecule has 0 heterocycles. The third-order valence-corrected chi connectivity index (χ3v) is 2.53. The molecule has 12 heavy (non-hydrogen) atoms. The smallest absolute Gasteiger partial charge is 0.306 e. The number of hydrogen-bond acceptors (Lipinski definition) is 2. The van der Waals surface area contributed by atoms with Crippen LogP contribution in [0.15, 0.2) is 0 Å². The first-order chi connectivity index (χ1) is 5.24. The molecule has 0 atom stereocenters. The van der Waals surface area contributed by atoms with Crippen molar-refractivity contribution < 1.29 is 9.90 Å². The summed E-state index contributed by atoms with van der Waals surface area (Å²) in [5, 5.41) is 8.67. The van der Waals surface area contributed by atoms with Gasteiger partial charge in [-0.05, 0) is 38.1 Å². The monoisotopic (exact) mass is 199 g/mol. The van der Waals surface area contributed by atoms with E-state index in [2.05, 4.69) is 0 Å². The second-order valence-corrected chi connectivity index (χ2v) is 3.29. The quantitative estimate of drug-likeness (QED) is 0.658. The molecule has 0 amide bonds. The van der Waals surface area contributed by atoms with Crippen molar-refractivity contribution in [2.45, 2.75) is 25.7 Å². The first-order valence-corrected chi connectivity index (χ1v) is 4.17. The molecule has 0 aromatic rings.